The SMILES string of the molecule is Cc1ccc([C@@H]2c3ccsc3CCN2C(=O)c2ccccc2Cl)cc1. The van der Waals surface area contributed by atoms with E-state index < -0.39 is 0 Å². The largest absolute Gasteiger partial charge is 0.327 e. The number of benzene rings is 2. The fourth-order valence-corrected chi connectivity index (χ4v) is 4.55. The Kier molecular flexibility index (Phi) is 4.36. The van der Waals surface area contributed by atoms with Crippen LogP contribution in [0.25, 0.3) is 0 Å². The molecule has 1 aliphatic rings. The van der Waals surface area contributed by atoms with E-state index >= 15 is 0 Å². The van der Waals surface area contributed by atoms with Crippen LogP contribution in [-0.4, -0.2) is 17.4 Å². The molecule has 4 heteroatoms. The van der Waals surface area contributed by atoms with Crippen LogP contribution in [0.4, 0.5) is 0 Å². The highest BCUT2D eigenvalue weighted by atomic mass is 35.5. The van der Waals surface area contributed by atoms with E-state index in [2.05, 4.69) is 42.6 Å². The second kappa shape index (κ2) is 6.66. The number of hydrogen-bond donors (Lipinski definition) is 0. The fourth-order valence-electron chi connectivity index (χ4n) is 3.43. The van der Waals surface area contributed by atoms with Crippen LogP contribution in [0, 0.1) is 6.92 Å². The maximum atomic E-state index is 13.2. The molecule has 2 heterocycles. The molecular weight excluding hydrogens is 350 g/mol. The van der Waals surface area contributed by atoms with Crippen LogP contribution < -0.4 is 0 Å². The van der Waals surface area contributed by atoms with Crippen molar-refractivity contribution in [2.45, 2.75) is 19.4 Å². The van der Waals surface area contributed by atoms with E-state index in [1.807, 2.05) is 17.0 Å². The van der Waals surface area contributed by atoms with Crippen LogP contribution in [0.2, 0.25) is 5.02 Å². The lowest BCUT2D eigenvalue weighted by atomic mass is 9.92. The van der Waals surface area contributed by atoms with Crippen molar-refractivity contribution in [1.29, 1.82) is 0 Å². The third kappa shape index (κ3) is 2.99. The lowest BCUT2D eigenvalue weighted by Crippen LogP contribution is -2.40. The number of halogens is 1. The Hall–Kier alpha value is -2.10. The summed E-state index contributed by atoms with van der Waals surface area (Å²) in [7, 11) is 0. The Labute approximate surface area is 156 Å². The average Bonchev–Trinajstić information content (AvgIpc) is 3.10. The molecule has 0 aliphatic carbocycles. The van der Waals surface area contributed by atoms with Crippen molar-refractivity contribution in [3.05, 3.63) is 92.1 Å². The van der Waals surface area contributed by atoms with Gasteiger partial charge in [-0.05, 0) is 48.1 Å². The minimum atomic E-state index is -0.0561. The summed E-state index contributed by atoms with van der Waals surface area (Å²) in [5.41, 5.74) is 4.17. The molecule has 0 saturated carbocycles. The predicted octanol–water partition coefficient (Wildman–Crippen LogP) is 5.50. The molecule has 0 N–H and O–H groups in total. The number of carbonyl (C=O) groups is 1. The number of aryl methyl sites for hydroxylation is 1. The topological polar surface area (TPSA) is 20.3 Å². The lowest BCUT2D eigenvalue weighted by molar-refractivity contribution is 0.0696. The highest BCUT2D eigenvalue weighted by Crippen LogP contribution is 2.39. The van der Waals surface area contributed by atoms with Crippen LogP contribution >= 0.6 is 22.9 Å². The Morgan fingerprint density at radius 2 is 1.88 bits per heavy atom. The molecule has 0 saturated heterocycles. The third-order valence-corrected chi connectivity index (χ3v) is 6.05. The Morgan fingerprint density at radius 3 is 2.64 bits per heavy atom. The van der Waals surface area contributed by atoms with Gasteiger partial charge in [-0.25, -0.2) is 0 Å². The van der Waals surface area contributed by atoms with Crippen molar-refractivity contribution in [3.8, 4) is 0 Å². The van der Waals surface area contributed by atoms with Crippen molar-refractivity contribution < 1.29 is 4.79 Å². The first-order chi connectivity index (χ1) is 12.1. The molecular formula is C21H18ClNOS. The van der Waals surface area contributed by atoms with Crippen molar-refractivity contribution in [3.63, 3.8) is 0 Å². The first kappa shape index (κ1) is 16.4. The monoisotopic (exact) mass is 367 g/mol. The second-order valence-corrected chi connectivity index (χ2v) is 7.75. The van der Waals surface area contributed by atoms with Gasteiger partial charge in [-0.15, -0.1) is 11.3 Å². The number of nitrogens with zero attached hydrogens (tertiary/aromatic N) is 1. The summed E-state index contributed by atoms with van der Waals surface area (Å²) >= 11 is 8.06. The highest BCUT2D eigenvalue weighted by Gasteiger charge is 2.33. The van der Waals surface area contributed by atoms with Gasteiger partial charge in [-0.3, -0.25) is 4.79 Å². The lowest BCUT2D eigenvalue weighted by Gasteiger charge is -2.36. The molecule has 1 aliphatic heterocycles. The van der Waals surface area contributed by atoms with Gasteiger partial charge >= 0.3 is 0 Å². The van der Waals surface area contributed by atoms with Gasteiger partial charge in [0.15, 0.2) is 0 Å². The minimum Gasteiger partial charge on any atom is -0.327 e. The molecule has 0 bridgehead atoms. The second-order valence-electron chi connectivity index (χ2n) is 6.34. The summed E-state index contributed by atoms with van der Waals surface area (Å²) in [6.07, 6.45) is 0.894. The zero-order valence-electron chi connectivity index (χ0n) is 13.9. The van der Waals surface area contributed by atoms with Crippen LogP contribution in [0.5, 0.6) is 0 Å². The molecule has 0 radical (unpaired) electrons. The maximum absolute atomic E-state index is 13.2. The van der Waals surface area contributed by atoms with Crippen LogP contribution in [0.3, 0.4) is 0 Å². The molecule has 1 atom stereocenters. The summed E-state index contributed by atoms with van der Waals surface area (Å²) in [6, 6.07) is 17.8. The number of carbonyl (C=O) groups excluding carboxylic acids is 1. The first-order valence-electron chi connectivity index (χ1n) is 8.33. The molecule has 4 rings (SSSR count). The molecule has 0 fully saturated rings. The van der Waals surface area contributed by atoms with E-state index in [9.17, 15) is 4.79 Å². The standard InChI is InChI=1S/C21H18ClNOS/c1-14-6-8-15(9-7-14)20-17-11-13-25-19(17)10-12-23(20)21(24)16-4-2-3-5-18(16)22/h2-9,11,13,20H,10,12H2,1H3/t20-/m1/s1. The Bertz CT molecular complexity index is 916. The Balaban J connectivity index is 1.79. The zero-order valence-corrected chi connectivity index (χ0v) is 15.5. The van der Waals surface area contributed by atoms with Gasteiger partial charge in [0.05, 0.1) is 16.6 Å². The van der Waals surface area contributed by atoms with Gasteiger partial charge in [0.2, 0.25) is 0 Å². The molecule has 0 spiro atoms. The van der Waals surface area contributed by atoms with Crippen LogP contribution in [0.1, 0.15) is 38.0 Å². The van der Waals surface area contributed by atoms with E-state index in [0.29, 0.717) is 17.1 Å². The quantitative estimate of drug-likeness (QED) is 0.585. The summed E-state index contributed by atoms with van der Waals surface area (Å²) in [4.78, 5) is 16.6. The number of fused-ring (bicyclic) bond motifs is 1. The highest BCUT2D eigenvalue weighted by molar-refractivity contribution is 7.10. The van der Waals surface area contributed by atoms with Crippen LogP contribution in [-0.2, 0) is 6.42 Å². The van der Waals surface area contributed by atoms with Crippen molar-refractivity contribution in [2.24, 2.45) is 0 Å². The van der Waals surface area contributed by atoms with Gasteiger partial charge in [0.1, 0.15) is 0 Å². The zero-order chi connectivity index (χ0) is 17.4. The number of amides is 1. The van der Waals surface area contributed by atoms with E-state index in [1.165, 1.54) is 16.0 Å². The summed E-state index contributed by atoms with van der Waals surface area (Å²) < 4.78 is 0. The number of hydrogen-bond acceptors (Lipinski definition) is 2. The molecule has 126 valence electrons. The van der Waals surface area contributed by atoms with Gasteiger partial charge in [-0.2, -0.15) is 0 Å². The van der Waals surface area contributed by atoms with Gasteiger partial charge in [-0.1, -0.05) is 53.6 Å². The summed E-state index contributed by atoms with van der Waals surface area (Å²) in [6.45, 7) is 2.78. The molecule has 0 unspecified atom stereocenters. The third-order valence-electron chi connectivity index (χ3n) is 4.72. The molecule has 25 heavy (non-hydrogen) atoms. The summed E-state index contributed by atoms with van der Waals surface area (Å²) in [5.74, 6) is -0.00646. The van der Waals surface area contributed by atoms with Crippen molar-refractivity contribution >= 4 is 28.8 Å². The minimum absolute atomic E-state index is 0.00646. The van der Waals surface area contributed by atoms with Crippen LogP contribution in [0.15, 0.2) is 60.0 Å². The van der Waals surface area contributed by atoms with Gasteiger partial charge in [0, 0.05) is 11.4 Å². The fraction of sp³-hybridized carbons (Fsp3) is 0.190. The van der Waals surface area contributed by atoms with Gasteiger partial charge in [0.25, 0.3) is 5.91 Å². The smallest absolute Gasteiger partial charge is 0.256 e. The van der Waals surface area contributed by atoms with E-state index in [0.717, 1.165) is 12.0 Å². The molecule has 1 aromatic heterocycles. The van der Waals surface area contributed by atoms with E-state index in [1.54, 1.807) is 23.5 Å². The maximum Gasteiger partial charge on any atom is 0.256 e. The van der Waals surface area contributed by atoms with E-state index in [-0.39, 0.29) is 11.9 Å². The predicted molar refractivity (Wildman–Crippen MR) is 104 cm³/mol. The van der Waals surface area contributed by atoms with Gasteiger partial charge < -0.3 is 4.90 Å². The Morgan fingerprint density at radius 1 is 1.12 bits per heavy atom. The normalized spacial score (nSPS) is 16.6. The van der Waals surface area contributed by atoms with Crippen molar-refractivity contribution in [2.75, 3.05) is 6.54 Å². The number of thiophene rings is 1. The summed E-state index contributed by atoms with van der Waals surface area (Å²) in [5, 5.41) is 2.63. The first-order valence-corrected chi connectivity index (χ1v) is 9.59. The van der Waals surface area contributed by atoms with E-state index in [4.69, 9.17) is 11.6 Å². The average molecular weight is 368 g/mol. The number of rotatable bonds is 2. The molecule has 2 aromatic carbocycles. The molecule has 1 amide bonds. The molecule has 3 aromatic rings. The van der Waals surface area contributed by atoms with Crippen molar-refractivity contribution in [1.82, 2.24) is 4.90 Å². The molecule has 2 nitrogen and oxygen atoms in total.